The van der Waals surface area contributed by atoms with Crippen LogP contribution in [0.1, 0.15) is 5.56 Å². The van der Waals surface area contributed by atoms with Crippen LogP contribution in [-0.2, 0) is 0 Å². The second kappa shape index (κ2) is 3.96. The van der Waals surface area contributed by atoms with Gasteiger partial charge < -0.3 is 0 Å². The van der Waals surface area contributed by atoms with Crippen LogP contribution in [0.15, 0.2) is 16.9 Å². The lowest BCUT2D eigenvalue weighted by Crippen LogP contribution is -1.92. The van der Waals surface area contributed by atoms with E-state index >= 15 is 0 Å². The van der Waals surface area contributed by atoms with E-state index in [4.69, 9.17) is 23.2 Å². The van der Waals surface area contributed by atoms with Gasteiger partial charge in [0, 0.05) is 27.1 Å². The lowest BCUT2D eigenvalue weighted by atomic mass is 10.1. The number of aromatic nitrogens is 2. The molecule has 0 spiro atoms. The Hall–Kier alpha value is -0.840. The van der Waals surface area contributed by atoms with Crippen molar-refractivity contribution in [3.63, 3.8) is 0 Å². The molecule has 2 aromatic rings. The summed E-state index contributed by atoms with van der Waals surface area (Å²) < 4.78 is 3.95. The average molecular weight is 261 g/mol. The first kappa shape index (κ1) is 10.7. The molecule has 0 aliphatic heterocycles. The molecule has 78 valence electrons. The zero-order chi connectivity index (χ0) is 11.0. The van der Waals surface area contributed by atoms with Crippen LogP contribution >= 0.6 is 34.7 Å². The Kier molecular flexibility index (Phi) is 2.82. The summed E-state index contributed by atoms with van der Waals surface area (Å²) in [6, 6.07) is 3.46. The van der Waals surface area contributed by atoms with Crippen molar-refractivity contribution < 1.29 is 0 Å². The number of halogens is 2. The minimum absolute atomic E-state index is 0.196. The smallest absolute Gasteiger partial charge is 0.296 e. The summed E-state index contributed by atoms with van der Waals surface area (Å²) in [5.41, 5.74) is 1.54. The number of hydrogen-bond donors (Lipinski definition) is 1. The van der Waals surface area contributed by atoms with Crippen molar-refractivity contribution in [2.75, 3.05) is 0 Å². The molecule has 0 radical (unpaired) electrons. The summed E-state index contributed by atoms with van der Waals surface area (Å²) in [4.78, 5) is 13.3. The highest BCUT2D eigenvalue weighted by Gasteiger charge is 2.08. The molecule has 0 saturated heterocycles. The van der Waals surface area contributed by atoms with Gasteiger partial charge in [0.2, 0.25) is 0 Å². The molecule has 1 heterocycles. The van der Waals surface area contributed by atoms with Gasteiger partial charge in [-0.1, -0.05) is 23.2 Å². The second-order valence-corrected chi connectivity index (χ2v) is 4.56. The van der Waals surface area contributed by atoms with Crippen molar-refractivity contribution >= 4 is 34.7 Å². The van der Waals surface area contributed by atoms with E-state index in [-0.39, 0.29) is 4.87 Å². The molecule has 6 heteroatoms. The van der Waals surface area contributed by atoms with Crippen LogP contribution in [0.5, 0.6) is 0 Å². The van der Waals surface area contributed by atoms with Crippen molar-refractivity contribution in [3.05, 3.63) is 37.4 Å². The van der Waals surface area contributed by atoms with E-state index in [0.29, 0.717) is 21.4 Å². The summed E-state index contributed by atoms with van der Waals surface area (Å²) in [7, 11) is 0. The molecule has 2 rings (SSSR count). The van der Waals surface area contributed by atoms with Gasteiger partial charge in [-0.15, -0.1) is 0 Å². The van der Waals surface area contributed by atoms with E-state index in [1.54, 1.807) is 12.1 Å². The van der Waals surface area contributed by atoms with Crippen LogP contribution in [0.4, 0.5) is 0 Å². The lowest BCUT2D eigenvalue weighted by molar-refractivity contribution is 1.28. The topological polar surface area (TPSA) is 45.8 Å². The Morgan fingerprint density at radius 2 is 1.93 bits per heavy atom. The molecular formula is C9H6Cl2N2OS. The van der Waals surface area contributed by atoms with Gasteiger partial charge in [0.1, 0.15) is 0 Å². The Labute approximate surface area is 99.8 Å². The monoisotopic (exact) mass is 260 g/mol. The van der Waals surface area contributed by atoms with Gasteiger partial charge in [0.25, 0.3) is 0 Å². The predicted molar refractivity (Wildman–Crippen MR) is 62.9 cm³/mol. The Morgan fingerprint density at radius 1 is 1.33 bits per heavy atom. The first-order chi connectivity index (χ1) is 7.08. The van der Waals surface area contributed by atoms with Crippen LogP contribution in [0.3, 0.4) is 0 Å². The molecule has 1 aromatic carbocycles. The maximum atomic E-state index is 10.9. The first-order valence-electron chi connectivity index (χ1n) is 4.10. The number of rotatable bonds is 1. The van der Waals surface area contributed by atoms with Crippen LogP contribution in [0, 0.1) is 6.92 Å². The summed E-state index contributed by atoms with van der Waals surface area (Å²) in [6.45, 7) is 1.83. The molecule has 0 fully saturated rings. The Balaban J connectivity index is 2.59. The number of H-pyrrole nitrogens is 1. The fraction of sp³-hybridized carbons (Fsp3) is 0.111. The van der Waals surface area contributed by atoms with Crippen molar-refractivity contribution in [2.24, 2.45) is 0 Å². The van der Waals surface area contributed by atoms with E-state index in [9.17, 15) is 4.79 Å². The van der Waals surface area contributed by atoms with Crippen LogP contribution in [-0.4, -0.2) is 9.36 Å². The molecule has 0 atom stereocenters. The minimum Gasteiger partial charge on any atom is -0.296 e. The molecule has 1 aromatic heterocycles. The normalized spacial score (nSPS) is 10.6. The number of nitrogens with zero attached hydrogens (tertiary/aromatic N) is 1. The maximum absolute atomic E-state index is 10.9. The quantitative estimate of drug-likeness (QED) is 0.857. The van der Waals surface area contributed by atoms with Gasteiger partial charge in [-0.3, -0.25) is 9.78 Å². The summed E-state index contributed by atoms with van der Waals surface area (Å²) in [5, 5.41) is 1.12. The van der Waals surface area contributed by atoms with Crippen molar-refractivity contribution in [2.45, 2.75) is 6.92 Å². The Morgan fingerprint density at radius 3 is 2.40 bits per heavy atom. The summed E-state index contributed by atoms with van der Waals surface area (Å²) in [5.74, 6) is 0.494. The van der Waals surface area contributed by atoms with E-state index in [1.165, 1.54) is 0 Å². The van der Waals surface area contributed by atoms with E-state index < -0.39 is 0 Å². The van der Waals surface area contributed by atoms with Gasteiger partial charge in [-0.05, 0) is 24.6 Å². The molecule has 1 N–H and O–H groups in total. The number of benzene rings is 1. The summed E-state index contributed by atoms with van der Waals surface area (Å²) >= 11 is 12.8. The molecule has 15 heavy (non-hydrogen) atoms. The van der Waals surface area contributed by atoms with Crippen LogP contribution in [0.25, 0.3) is 11.4 Å². The van der Waals surface area contributed by atoms with Crippen molar-refractivity contribution in [3.8, 4) is 11.4 Å². The highest BCUT2D eigenvalue weighted by molar-refractivity contribution is 7.03. The Bertz CT molecular complexity index is 538. The number of hydrogen-bond acceptors (Lipinski definition) is 3. The van der Waals surface area contributed by atoms with Crippen molar-refractivity contribution in [1.82, 2.24) is 9.36 Å². The highest BCUT2D eigenvalue weighted by atomic mass is 35.5. The highest BCUT2D eigenvalue weighted by Crippen LogP contribution is 2.29. The zero-order valence-electron chi connectivity index (χ0n) is 7.67. The SMILES string of the molecule is Cc1c(Cl)cc(-c2nsc(=O)[nH]2)cc1Cl. The molecule has 0 aliphatic carbocycles. The largest absolute Gasteiger partial charge is 0.323 e. The minimum atomic E-state index is -0.196. The molecule has 0 bridgehead atoms. The molecular weight excluding hydrogens is 255 g/mol. The molecule has 0 saturated carbocycles. The lowest BCUT2D eigenvalue weighted by Gasteiger charge is -2.03. The third-order valence-corrected chi connectivity index (χ3v) is 3.32. The fourth-order valence-corrected chi connectivity index (χ4v) is 2.09. The van der Waals surface area contributed by atoms with Gasteiger partial charge >= 0.3 is 4.87 Å². The molecule has 3 nitrogen and oxygen atoms in total. The van der Waals surface area contributed by atoms with Gasteiger partial charge in [-0.2, -0.15) is 4.37 Å². The molecule has 0 amide bonds. The van der Waals surface area contributed by atoms with Crippen LogP contribution in [0.2, 0.25) is 10.0 Å². The van der Waals surface area contributed by atoms with E-state index in [2.05, 4.69) is 9.36 Å². The third kappa shape index (κ3) is 2.07. The second-order valence-electron chi connectivity index (χ2n) is 3.01. The number of nitrogens with one attached hydrogen (secondary N) is 1. The van der Waals surface area contributed by atoms with Gasteiger partial charge in [0.05, 0.1) is 0 Å². The van der Waals surface area contributed by atoms with E-state index in [1.807, 2.05) is 6.92 Å². The van der Waals surface area contributed by atoms with Gasteiger partial charge in [-0.25, -0.2) is 0 Å². The number of aromatic amines is 1. The fourth-order valence-electron chi connectivity index (χ4n) is 1.14. The molecule has 0 unspecified atom stereocenters. The average Bonchev–Trinajstić information content (AvgIpc) is 2.60. The van der Waals surface area contributed by atoms with Gasteiger partial charge in [0.15, 0.2) is 5.82 Å². The molecule has 0 aliphatic rings. The zero-order valence-corrected chi connectivity index (χ0v) is 10.0. The third-order valence-electron chi connectivity index (χ3n) is 1.99. The standard InChI is InChI=1S/C9H6Cl2N2OS/c1-4-6(10)2-5(3-7(4)11)8-12-9(14)15-13-8/h2-3H,1H3,(H,12,13,14). The first-order valence-corrected chi connectivity index (χ1v) is 5.63. The van der Waals surface area contributed by atoms with Crippen LogP contribution < -0.4 is 4.87 Å². The van der Waals surface area contributed by atoms with E-state index in [0.717, 1.165) is 17.1 Å². The maximum Gasteiger partial charge on any atom is 0.323 e. The van der Waals surface area contributed by atoms with Crippen molar-refractivity contribution in [1.29, 1.82) is 0 Å². The summed E-state index contributed by atoms with van der Waals surface area (Å²) in [6.07, 6.45) is 0. The predicted octanol–water partition coefficient (Wildman–Crippen LogP) is 3.11.